The molecule has 0 aliphatic carbocycles. The normalized spacial score (nSPS) is 9.31. The fourth-order valence-corrected chi connectivity index (χ4v) is 0.998. The van der Waals surface area contributed by atoms with E-state index in [2.05, 4.69) is 0 Å². The maximum absolute atomic E-state index is 10.4. The molecule has 0 bridgehead atoms. The van der Waals surface area contributed by atoms with E-state index in [-0.39, 0.29) is 16.9 Å². The van der Waals surface area contributed by atoms with Crippen LogP contribution in [-0.2, 0) is 9.59 Å². The van der Waals surface area contributed by atoms with Crippen LogP contribution in [0.2, 0.25) is 0 Å². The predicted octanol–water partition coefficient (Wildman–Crippen LogP) is 1.00. The topological polar surface area (TPSA) is 43.4 Å². The van der Waals surface area contributed by atoms with Gasteiger partial charge in [0.05, 0.1) is 17.7 Å². The number of hydrogen-bond acceptors (Lipinski definition) is 3. The summed E-state index contributed by atoms with van der Waals surface area (Å²) in [4.78, 5) is 20.9. The van der Waals surface area contributed by atoms with Crippen LogP contribution >= 0.6 is 0 Å². The van der Waals surface area contributed by atoms with Gasteiger partial charge in [-0.3, -0.25) is 9.59 Å². The number of hydrogen-bond donors (Lipinski definition) is 0. The Labute approximate surface area is 76.3 Å². The van der Waals surface area contributed by atoms with Crippen LogP contribution in [0.5, 0.6) is 5.75 Å². The van der Waals surface area contributed by atoms with Crippen molar-refractivity contribution in [2.45, 2.75) is 6.92 Å². The maximum Gasteiger partial charge on any atom is 0.237 e. The van der Waals surface area contributed by atoms with Gasteiger partial charge in [-0.1, -0.05) is 6.07 Å². The minimum Gasteiger partial charge on any atom is -0.492 e. The van der Waals surface area contributed by atoms with Crippen molar-refractivity contribution in [3.63, 3.8) is 0 Å². The van der Waals surface area contributed by atoms with E-state index in [1.807, 2.05) is 0 Å². The molecular formula is C10H8O3. The van der Waals surface area contributed by atoms with Gasteiger partial charge in [0.15, 0.2) is 0 Å². The Hall–Kier alpha value is -1.64. The molecule has 0 saturated heterocycles. The molecule has 0 fully saturated rings. The first-order chi connectivity index (χ1) is 6.33. The van der Waals surface area contributed by atoms with E-state index in [4.69, 9.17) is 4.74 Å². The molecule has 0 heterocycles. The maximum atomic E-state index is 10.4. The van der Waals surface area contributed by atoms with Crippen molar-refractivity contribution < 1.29 is 14.3 Å². The molecule has 3 heteroatoms. The molecule has 0 aliphatic heterocycles. The molecule has 1 aromatic rings. The quantitative estimate of drug-likeness (QED) is 0.687. The van der Waals surface area contributed by atoms with Crippen LogP contribution in [0.3, 0.4) is 0 Å². The third kappa shape index (κ3) is 1.93. The van der Waals surface area contributed by atoms with E-state index in [1.165, 1.54) is 0 Å². The number of rotatable bonds is 4. The molecule has 0 spiro atoms. The first-order valence-electron chi connectivity index (χ1n) is 3.85. The minimum atomic E-state index is 0.253. The molecule has 1 rings (SSSR count). The van der Waals surface area contributed by atoms with Gasteiger partial charge in [0, 0.05) is 0 Å². The van der Waals surface area contributed by atoms with Gasteiger partial charge in [-0.2, -0.15) is 0 Å². The van der Waals surface area contributed by atoms with Gasteiger partial charge >= 0.3 is 0 Å². The lowest BCUT2D eigenvalue weighted by Crippen LogP contribution is -1.99. The van der Waals surface area contributed by atoms with E-state index in [1.54, 1.807) is 37.7 Å². The van der Waals surface area contributed by atoms with Gasteiger partial charge in [-0.05, 0) is 19.1 Å². The first-order valence-corrected chi connectivity index (χ1v) is 3.85. The molecule has 3 nitrogen and oxygen atoms in total. The highest BCUT2D eigenvalue weighted by Crippen LogP contribution is 2.20. The minimum absolute atomic E-state index is 0.253. The van der Waals surface area contributed by atoms with Crippen LogP contribution in [0.1, 0.15) is 18.1 Å². The second-order valence-electron chi connectivity index (χ2n) is 2.32. The van der Waals surface area contributed by atoms with E-state index >= 15 is 0 Å². The summed E-state index contributed by atoms with van der Waals surface area (Å²) in [5, 5.41) is 0. The van der Waals surface area contributed by atoms with Crippen LogP contribution in [0.25, 0.3) is 0 Å². The van der Waals surface area contributed by atoms with Crippen molar-refractivity contribution in [1.82, 2.24) is 0 Å². The Balaban J connectivity index is 3.20. The fourth-order valence-electron chi connectivity index (χ4n) is 0.998. The molecule has 0 amide bonds. The molecule has 1 aromatic carbocycles. The molecule has 0 atom stereocenters. The summed E-state index contributed by atoms with van der Waals surface area (Å²) < 4.78 is 5.12. The summed E-state index contributed by atoms with van der Waals surface area (Å²) in [7, 11) is 0. The second-order valence-corrected chi connectivity index (χ2v) is 2.32. The lowest BCUT2D eigenvalue weighted by Gasteiger charge is -2.06. The van der Waals surface area contributed by atoms with Crippen molar-refractivity contribution >= 4 is 12.6 Å². The Morgan fingerprint density at radius 3 is 2.15 bits per heavy atom. The smallest absolute Gasteiger partial charge is 0.237 e. The summed E-state index contributed by atoms with van der Waals surface area (Å²) in [6.07, 6.45) is 3.40. The predicted molar refractivity (Wildman–Crippen MR) is 47.2 cm³/mol. The molecule has 0 N–H and O–H groups in total. The zero-order valence-electron chi connectivity index (χ0n) is 7.16. The molecule has 13 heavy (non-hydrogen) atoms. The van der Waals surface area contributed by atoms with Gasteiger partial charge in [0.1, 0.15) is 5.75 Å². The SMILES string of the molecule is CCOc1c([C]=O)cccc1[C]=O. The van der Waals surface area contributed by atoms with Crippen LogP contribution in [0, 0.1) is 0 Å². The van der Waals surface area contributed by atoms with E-state index in [0.29, 0.717) is 6.61 Å². The summed E-state index contributed by atoms with van der Waals surface area (Å²) in [6, 6.07) is 4.67. The van der Waals surface area contributed by atoms with Crippen molar-refractivity contribution in [3.8, 4) is 5.75 Å². The lowest BCUT2D eigenvalue weighted by molar-refractivity contribution is 0.338. The van der Waals surface area contributed by atoms with Gasteiger partial charge < -0.3 is 4.74 Å². The van der Waals surface area contributed by atoms with Crippen LogP contribution in [-0.4, -0.2) is 19.2 Å². The van der Waals surface area contributed by atoms with Gasteiger partial charge in [0.25, 0.3) is 0 Å². The molecule has 66 valence electrons. The van der Waals surface area contributed by atoms with Gasteiger partial charge in [0.2, 0.25) is 12.6 Å². The van der Waals surface area contributed by atoms with Crippen LogP contribution < -0.4 is 4.74 Å². The standard InChI is InChI=1S/C10H8O3/c1-2-13-10-8(6-11)4-3-5-9(10)7-12/h3-5H,2H2,1H3. The highest BCUT2D eigenvalue weighted by Gasteiger charge is 2.08. The third-order valence-corrected chi connectivity index (χ3v) is 1.52. The Morgan fingerprint density at radius 2 is 1.77 bits per heavy atom. The van der Waals surface area contributed by atoms with Crippen molar-refractivity contribution in [3.05, 3.63) is 29.3 Å². The van der Waals surface area contributed by atoms with Crippen molar-refractivity contribution in [1.29, 1.82) is 0 Å². The van der Waals surface area contributed by atoms with E-state index in [9.17, 15) is 9.59 Å². The fraction of sp³-hybridized carbons (Fsp3) is 0.200. The highest BCUT2D eigenvalue weighted by atomic mass is 16.5. The Morgan fingerprint density at radius 1 is 1.23 bits per heavy atom. The number of carbonyl (C=O) groups excluding carboxylic acids is 2. The molecule has 0 aromatic heterocycles. The molecule has 0 unspecified atom stereocenters. The highest BCUT2D eigenvalue weighted by molar-refractivity contribution is 5.88. The Kier molecular flexibility index (Phi) is 3.20. The number of ether oxygens (including phenoxy) is 1. The third-order valence-electron chi connectivity index (χ3n) is 1.52. The van der Waals surface area contributed by atoms with E-state index in [0.717, 1.165) is 0 Å². The van der Waals surface area contributed by atoms with Crippen molar-refractivity contribution in [2.24, 2.45) is 0 Å². The lowest BCUT2D eigenvalue weighted by atomic mass is 10.1. The number of para-hydroxylation sites is 1. The molecule has 0 aliphatic rings. The first kappa shape index (κ1) is 9.45. The molecule has 0 saturated carbocycles. The van der Waals surface area contributed by atoms with Gasteiger partial charge in [-0.15, -0.1) is 0 Å². The second kappa shape index (κ2) is 4.40. The summed E-state index contributed by atoms with van der Waals surface area (Å²) in [5.74, 6) is 0.259. The molecular weight excluding hydrogens is 168 g/mol. The van der Waals surface area contributed by atoms with Crippen molar-refractivity contribution in [2.75, 3.05) is 6.61 Å². The molecule has 2 radical (unpaired) electrons. The van der Waals surface area contributed by atoms with Crippen LogP contribution in [0.15, 0.2) is 18.2 Å². The summed E-state index contributed by atoms with van der Waals surface area (Å²) in [6.45, 7) is 2.17. The average molecular weight is 176 g/mol. The Bertz CT molecular complexity index is 292. The monoisotopic (exact) mass is 176 g/mol. The number of benzene rings is 1. The van der Waals surface area contributed by atoms with Crippen LogP contribution in [0.4, 0.5) is 0 Å². The summed E-state index contributed by atoms with van der Waals surface area (Å²) in [5.41, 5.74) is 0.505. The largest absolute Gasteiger partial charge is 0.492 e. The zero-order chi connectivity index (χ0) is 9.68. The summed E-state index contributed by atoms with van der Waals surface area (Å²) >= 11 is 0. The van der Waals surface area contributed by atoms with E-state index < -0.39 is 0 Å². The van der Waals surface area contributed by atoms with Gasteiger partial charge in [-0.25, -0.2) is 0 Å². The zero-order valence-corrected chi connectivity index (χ0v) is 7.16. The average Bonchev–Trinajstić information content (AvgIpc) is 2.18.